The van der Waals surface area contributed by atoms with Crippen molar-refractivity contribution in [2.75, 3.05) is 5.32 Å². The Balaban J connectivity index is 2.11. The molecule has 3 nitrogen and oxygen atoms in total. The van der Waals surface area contributed by atoms with E-state index in [0.29, 0.717) is 16.6 Å². The highest BCUT2D eigenvalue weighted by molar-refractivity contribution is 6.36. The number of nitrogens with zero attached hydrogens (tertiary/aromatic N) is 2. The normalized spacial score (nSPS) is 10.7. The lowest BCUT2D eigenvalue weighted by Gasteiger charge is -2.09. The molecule has 2 rings (SSSR count). The van der Waals surface area contributed by atoms with Crippen molar-refractivity contribution in [2.45, 2.75) is 26.9 Å². The van der Waals surface area contributed by atoms with E-state index in [2.05, 4.69) is 23.4 Å². The van der Waals surface area contributed by atoms with Crippen LogP contribution in [0, 0.1) is 6.92 Å². The van der Waals surface area contributed by atoms with Crippen molar-refractivity contribution in [3.8, 4) is 0 Å². The summed E-state index contributed by atoms with van der Waals surface area (Å²) in [5.41, 5.74) is 3.04. The van der Waals surface area contributed by atoms with Gasteiger partial charge in [-0.15, -0.1) is 0 Å². The van der Waals surface area contributed by atoms with E-state index in [4.69, 9.17) is 23.2 Å². The Kier molecular flexibility index (Phi) is 4.15. The number of nitrogens with one attached hydrogen (secondary N) is 1. The van der Waals surface area contributed by atoms with Crippen LogP contribution in [0.4, 0.5) is 5.69 Å². The van der Waals surface area contributed by atoms with Crippen LogP contribution in [0.1, 0.15) is 18.3 Å². The summed E-state index contributed by atoms with van der Waals surface area (Å²) in [7, 11) is 0. The monoisotopic (exact) mass is 283 g/mol. The van der Waals surface area contributed by atoms with Gasteiger partial charge in [-0.1, -0.05) is 23.2 Å². The van der Waals surface area contributed by atoms with Crippen LogP contribution < -0.4 is 5.32 Å². The summed E-state index contributed by atoms with van der Waals surface area (Å²) in [6.07, 6.45) is 0. The molecule has 0 bridgehead atoms. The lowest BCUT2D eigenvalue weighted by Crippen LogP contribution is -2.08. The average Bonchev–Trinajstić information content (AvgIpc) is 2.68. The van der Waals surface area contributed by atoms with Gasteiger partial charge in [0.05, 0.1) is 28.6 Å². The zero-order valence-corrected chi connectivity index (χ0v) is 11.9. The molecule has 1 heterocycles. The number of hydrogen-bond acceptors (Lipinski definition) is 2. The molecule has 0 saturated carbocycles. The highest BCUT2D eigenvalue weighted by Crippen LogP contribution is 2.25. The van der Waals surface area contributed by atoms with Gasteiger partial charge in [-0.3, -0.25) is 4.68 Å². The first kappa shape index (κ1) is 13.2. The molecule has 1 aromatic heterocycles. The van der Waals surface area contributed by atoms with Gasteiger partial charge in [0, 0.05) is 11.6 Å². The molecule has 1 aromatic carbocycles. The molecule has 0 atom stereocenters. The van der Waals surface area contributed by atoms with Crippen LogP contribution in [-0.2, 0) is 13.1 Å². The zero-order chi connectivity index (χ0) is 13.1. The second-order valence-corrected chi connectivity index (χ2v) is 4.91. The van der Waals surface area contributed by atoms with E-state index in [0.717, 1.165) is 23.6 Å². The summed E-state index contributed by atoms with van der Waals surface area (Å²) in [5, 5.41) is 8.96. The third-order valence-electron chi connectivity index (χ3n) is 2.68. The summed E-state index contributed by atoms with van der Waals surface area (Å²) in [6.45, 7) is 5.62. The molecule has 0 aliphatic heterocycles. The van der Waals surface area contributed by atoms with Crippen LogP contribution in [-0.4, -0.2) is 9.78 Å². The Bertz CT molecular complexity index is 549. The van der Waals surface area contributed by atoms with Crippen molar-refractivity contribution < 1.29 is 0 Å². The van der Waals surface area contributed by atoms with Crippen molar-refractivity contribution in [3.63, 3.8) is 0 Å². The fourth-order valence-electron chi connectivity index (χ4n) is 1.83. The minimum atomic E-state index is 0.627. The Morgan fingerprint density at radius 3 is 2.72 bits per heavy atom. The number of hydrogen-bond donors (Lipinski definition) is 1. The lowest BCUT2D eigenvalue weighted by atomic mass is 10.3. The molecule has 0 aliphatic carbocycles. The quantitative estimate of drug-likeness (QED) is 0.914. The first-order chi connectivity index (χ1) is 8.60. The first-order valence-electron chi connectivity index (χ1n) is 5.82. The van der Waals surface area contributed by atoms with E-state index in [1.165, 1.54) is 0 Å². The van der Waals surface area contributed by atoms with Crippen LogP contribution in [0.2, 0.25) is 10.0 Å². The molecule has 96 valence electrons. The number of benzene rings is 1. The maximum Gasteiger partial charge on any atom is 0.0652 e. The van der Waals surface area contributed by atoms with Crippen molar-refractivity contribution in [1.82, 2.24) is 9.78 Å². The van der Waals surface area contributed by atoms with Crippen molar-refractivity contribution in [3.05, 3.63) is 45.7 Å². The molecule has 1 N–H and O–H groups in total. The van der Waals surface area contributed by atoms with Gasteiger partial charge in [-0.25, -0.2) is 0 Å². The maximum atomic E-state index is 6.11. The number of aromatic nitrogens is 2. The van der Waals surface area contributed by atoms with E-state index in [1.54, 1.807) is 6.07 Å². The van der Waals surface area contributed by atoms with Crippen LogP contribution in [0.15, 0.2) is 24.3 Å². The van der Waals surface area contributed by atoms with Gasteiger partial charge in [0.1, 0.15) is 0 Å². The predicted molar refractivity (Wildman–Crippen MR) is 76.4 cm³/mol. The van der Waals surface area contributed by atoms with Gasteiger partial charge >= 0.3 is 0 Å². The molecule has 0 saturated heterocycles. The fraction of sp³-hybridized carbons (Fsp3) is 0.308. The molecule has 0 radical (unpaired) electrons. The van der Waals surface area contributed by atoms with E-state index >= 15 is 0 Å². The Morgan fingerprint density at radius 2 is 2.06 bits per heavy atom. The number of halogens is 2. The van der Waals surface area contributed by atoms with E-state index < -0.39 is 0 Å². The minimum absolute atomic E-state index is 0.627. The second-order valence-electron chi connectivity index (χ2n) is 4.07. The minimum Gasteiger partial charge on any atom is -0.378 e. The maximum absolute atomic E-state index is 6.11. The molecule has 5 heteroatoms. The SMILES string of the molecule is CCn1nc(C)cc1CNc1ccc(Cl)cc1Cl. The summed E-state index contributed by atoms with van der Waals surface area (Å²) < 4.78 is 1.98. The third-order valence-corrected chi connectivity index (χ3v) is 3.22. The van der Waals surface area contributed by atoms with Crippen LogP contribution >= 0.6 is 23.2 Å². The first-order valence-corrected chi connectivity index (χ1v) is 6.58. The topological polar surface area (TPSA) is 29.9 Å². The molecule has 0 unspecified atom stereocenters. The Labute approximate surface area is 117 Å². The molecule has 0 spiro atoms. The third kappa shape index (κ3) is 2.98. The highest BCUT2D eigenvalue weighted by atomic mass is 35.5. The van der Waals surface area contributed by atoms with Crippen molar-refractivity contribution in [2.24, 2.45) is 0 Å². The number of rotatable bonds is 4. The molecule has 2 aromatic rings. The Hall–Kier alpha value is -1.19. The smallest absolute Gasteiger partial charge is 0.0652 e. The van der Waals surface area contributed by atoms with Gasteiger partial charge in [-0.05, 0) is 38.1 Å². The largest absolute Gasteiger partial charge is 0.378 e. The van der Waals surface area contributed by atoms with Gasteiger partial charge in [0.2, 0.25) is 0 Å². The van der Waals surface area contributed by atoms with Crippen LogP contribution in [0.5, 0.6) is 0 Å². The highest BCUT2D eigenvalue weighted by Gasteiger charge is 2.05. The lowest BCUT2D eigenvalue weighted by molar-refractivity contribution is 0.623. The van der Waals surface area contributed by atoms with Gasteiger partial charge in [0.15, 0.2) is 0 Å². The molecular weight excluding hydrogens is 269 g/mol. The van der Waals surface area contributed by atoms with Crippen molar-refractivity contribution in [1.29, 1.82) is 0 Å². The predicted octanol–water partition coefficient (Wildman–Crippen LogP) is 4.13. The molecule has 0 fully saturated rings. The standard InChI is InChI=1S/C13H15Cl2N3/c1-3-18-11(6-9(2)17-18)8-16-13-5-4-10(14)7-12(13)15/h4-7,16H,3,8H2,1-2H3. The Morgan fingerprint density at radius 1 is 1.28 bits per heavy atom. The van der Waals surface area contributed by atoms with Crippen molar-refractivity contribution >= 4 is 28.9 Å². The molecule has 18 heavy (non-hydrogen) atoms. The van der Waals surface area contributed by atoms with Gasteiger partial charge < -0.3 is 5.32 Å². The van der Waals surface area contributed by atoms with E-state index in [-0.39, 0.29) is 0 Å². The summed E-state index contributed by atoms with van der Waals surface area (Å²) >= 11 is 12.0. The average molecular weight is 284 g/mol. The van der Waals surface area contributed by atoms with Crippen LogP contribution in [0.25, 0.3) is 0 Å². The second kappa shape index (κ2) is 5.63. The van der Waals surface area contributed by atoms with E-state index in [9.17, 15) is 0 Å². The van der Waals surface area contributed by atoms with Crippen LogP contribution in [0.3, 0.4) is 0 Å². The summed E-state index contributed by atoms with van der Waals surface area (Å²) in [4.78, 5) is 0. The van der Waals surface area contributed by atoms with E-state index in [1.807, 2.05) is 23.7 Å². The number of anilines is 1. The fourth-order valence-corrected chi connectivity index (χ4v) is 2.31. The molecular formula is C13H15Cl2N3. The molecule has 0 aliphatic rings. The summed E-state index contributed by atoms with van der Waals surface area (Å²) in [6, 6.07) is 7.50. The zero-order valence-electron chi connectivity index (χ0n) is 10.4. The molecule has 0 amide bonds. The van der Waals surface area contributed by atoms with Gasteiger partial charge in [0.25, 0.3) is 0 Å². The van der Waals surface area contributed by atoms with Gasteiger partial charge in [-0.2, -0.15) is 5.10 Å². The summed E-state index contributed by atoms with van der Waals surface area (Å²) in [5.74, 6) is 0. The number of aryl methyl sites for hydroxylation is 2.